The van der Waals surface area contributed by atoms with Crippen molar-refractivity contribution in [3.8, 4) is 0 Å². The molecule has 1 aromatic carbocycles. The Kier molecular flexibility index (Phi) is 9.37. The summed E-state index contributed by atoms with van der Waals surface area (Å²) in [6, 6.07) is 5.27. The Morgan fingerprint density at radius 3 is 2.48 bits per heavy atom. The third-order valence-electron chi connectivity index (χ3n) is 5.42. The third-order valence-corrected chi connectivity index (χ3v) is 5.42. The predicted molar refractivity (Wildman–Crippen MR) is 125 cm³/mol. The molecular weight excluding hydrogens is 425 g/mol. The van der Waals surface area contributed by atoms with Crippen molar-refractivity contribution in [2.24, 2.45) is 5.73 Å². The van der Waals surface area contributed by atoms with Gasteiger partial charge in [-0.1, -0.05) is 31.4 Å². The first kappa shape index (κ1) is 24.4. The Labute approximate surface area is 193 Å². The summed E-state index contributed by atoms with van der Waals surface area (Å²) in [5.74, 6) is -0.0775. The van der Waals surface area contributed by atoms with Crippen molar-refractivity contribution in [3.05, 3.63) is 47.4 Å². The van der Waals surface area contributed by atoms with Gasteiger partial charge in [0, 0.05) is 32.4 Å². The second-order valence-corrected chi connectivity index (χ2v) is 8.07. The van der Waals surface area contributed by atoms with E-state index in [4.69, 9.17) is 5.73 Å². The van der Waals surface area contributed by atoms with E-state index in [0.29, 0.717) is 31.3 Å². The Hall–Kier alpha value is -3.27. The lowest BCUT2D eigenvalue weighted by atomic mass is 10.1. The van der Waals surface area contributed by atoms with Gasteiger partial charge >= 0.3 is 0 Å². The van der Waals surface area contributed by atoms with Gasteiger partial charge in [0.05, 0.1) is 6.04 Å². The minimum absolute atomic E-state index is 0.177. The van der Waals surface area contributed by atoms with E-state index in [2.05, 4.69) is 31.2 Å². The van der Waals surface area contributed by atoms with Crippen LogP contribution in [0.4, 0.5) is 16.2 Å². The molecule has 0 unspecified atom stereocenters. The van der Waals surface area contributed by atoms with Crippen LogP contribution in [0, 0.1) is 5.82 Å². The van der Waals surface area contributed by atoms with Crippen LogP contribution in [0.5, 0.6) is 0 Å². The van der Waals surface area contributed by atoms with E-state index < -0.39 is 6.04 Å². The maximum absolute atomic E-state index is 13.1. The van der Waals surface area contributed by atoms with Crippen molar-refractivity contribution in [3.63, 3.8) is 0 Å². The van der Waals surface area contributed by atoms with Crippen LogP contribution in [0.3, 0.4) is 0 Å². The smallest absolute Gasteiger partial charge is 0.256 e. The summed E-state index contributed by atoms with van der Waals surface area (Å²) in [6.45, 7) is 1.97. The first-order valence-corrected chi connectivity index (χ1v) is 11.4. The number of aromatic nitrogens is 2. The van der Waals surface area contributed by atoms with E-state index in [1.165, 1.54) is 18.3 Å². The molecule has 9 nitrogen and oxygen atoms in total. The van der Waals surface area contributed by atoms with Gasteiger partial charge in [-0.25, -0.2) is 9.37 Å². The summed E-state index contributed by atoms with van der Waals surface area (Å²) in [5.41, 5.74) is 7.05. The van der Waals surface area contributed by atoms with Crippen molar-refractivity contribution < 1.29 is 14.0 Å². The molecule has 178 valence electrons. The van der Waals surface area contributed by atoms with E-state index in [1.807, 2.05) is 0 Å². The molecule has 2 bridgehead atoms. The van der Waals surface area contributed by atoms with Crippen LogP contribution in [-0.4, -0.2) is 47.5 Å². The molecule has 0 saturated carbocycles. The van der Waals surface area contributed by atoms with Crippen LogP contribution in [0.2, 0.25) is 0 Å². The fraction of sp³-hybridized carbons (Fsp3) is 0.478. The number of hydrogen-bond acceptors (Lipinski definition) is 7. The molecule has 1 aliphatic rings. The van der Waals surface area contributed by atoms with Gasteiger partial charge in [-0.3, -0.25) is 9.59 Å². The van der Waals surface area contributed by atoms with Gasteiger partial charge in [-0.05, 0) is 37.0 Å². The van der Waals surface area contributed by atoms with E-state index in [1.54, 1.807) is 12.1 Å². The molecule has 33 heavy (non-hydrogen) atoms. The lowest BCUT2D eigenvalue weighted by Crippen LogP contribution is -2.42. The highest BCUT2D eigenvalue weighted by molar-refractivity contribution is 5.98. The number of carbonyl (C=O) groups is 2. The third kappa shape index (κ3) is 7.98. The van der Waals surface area contributed by atoms with Crippen LogP contribution in [-0.2, 0) is 11.3 Å². The Morgan fingerprint density at radius 2 is 1.73 bits per heavy atom. The zero-order chi connectivity index (χ0) is 23.5. The second kappa shape index (κ2) is 12.7. The Bertz CT molecular complexity index is 924. The molecule has 1 aliphatic heterocycles. The van der Waals surface area contributed by atoms with Crippen LogP contribution in [0.15, 0.2) is 30.5 Å². The minimum atomic E-state index is -0.650. The molecule has 2 heterocycles. The molecule has 0 radical (unpaired) electrons. The van der Waals surface area contributed by atoms with Gasteiger partial charge in [0.25, 0.3) is 5.91 Å². The zero-order valence-electron chi connectivity index (χ0n) is 18.7. The lowest BCUT2D eigenvalue weighted by molar-refractivity contribution is -0.122. The van der Waals surface area contributed by atoms with Gasteiger partial charge in [0.1, 0.15) is 17.2 Å². The largest absolute Gasteiger partial charge is 0.369 e. The molecule has 1 aromatic heterocycles. The van der Waals surface area contributed by atoms with Gasteiger partial charge in [0.2, 0.25) is 11.9 Å². The van der Waals surface area contributed by atoms with E-state index >= 15 is 0 Å². The Morgan fingerprint density at radius 1 is 1.03 bits per heavy atom. The molecule has 0 spiro atoms. The maximum atomic E-state index is 13.1. The van der Waals surface area contributed by atoms with Crippen LogP contribution >= 0.6 is 0 Å². The number of carbonyl (C=O) groups excluding carboxylic acids is 2. The van der Waals surface area contributed by atoms with Gasteiger partial charge in [0.15, 0.2) is 0 Å². The number of fused-ring (bicyclic) bond motifs is 2. The minimum Gasteiger partial charge on any atom is -0.369 e. The van der Waals surface area contributed by atoms with Gasteiger partial charge in [-0.15, -0.1) is 0 Å². The molecule has 2 aromatic rings. The highest BCUT2D eigenvalue weighted by Crippen LogP contribution is 2.15. The summed E-state index contributed by atoms with van der Waals surface area (Å²) in [7, 11) is 0. The fourth-order valence-electron chi connectivity index (χ4n) is 3.45. The van der Waals surface area contributed by atoms with Gasteiger partial charge in [-0.2, -0.15) is 4.98 Å². The number of nitrogens with one attached hydrogen (secondary N) is 4. The summed E-state index contributed by atoms with van der Waals surface area (Å²) >= 11 is 0. The summed E-state index contributed by atoms with van der Waals surface area (Å²) in [5, 5.41) is 12.0. The molecule has 0 fully saturated rings. The lowest BCUT2D eigenvalue weighted by Gasteiger charge is -2.15. The quantitative estimate of drug-likeness (QED) is 0.477. The summed E-state index contributed by atoms with van der Waals surface area (Å²) in [4.78, 5) is 33.7. The monoisotopic (exact) mass is 457 g/mol. The van der Waals surface area contributed by atoms with Crippen molar-refractivity contribution in [2.75, 3.05) is 30.3 Å². The van der Waals surface area contributed by atoms with Crippen molar-refractivity contribution in [1.82, 2.24) is 20.6 Å². The standard InChI is InChI=1S/C23H32FN7O2/c24-17-8-6-16(7-9-17)14-29-21(32)18-15-30-23-28-12-5-3-1-2-4-11-27-22(33)19(25)10-13-26-20(18)31-23/h6-9,15,19H,1-5,10-14,25H2,(H,27,33)(H,29,32)(H2,26,28,30,31)/t19-/m0/s1. The number of halogens is 1. The van der Waals surface area contributed by atoms with Crippen molar-refractivity contribution in [1.29, 1.82) is 0 Å². The molecule has 6 N–H and O–H groups in total. The number of nitrogens with two attached hydrogens (primary N) is 1. The van der Waals surface area contributed by atoms with Crippen LogP contribution in [0.1, 0.15) is 54.4 Å². The van der Waals surface area contributed by atoms with Crippen LogP contribution in [0.25, 0.3) is 0 Å². The molecule has 0 saturated heterocycles. The van der Waals surface area contributed by atoms with E-state index in [0.717, 1.165) is 44.2 Å². The van der Waals surface area contributed by atoms with Crippen LogP contribution < -0.4 is 27.0 Å². The number of rotatable bonds is 3. The summed E-state index contributed by atoms with van der Waals surface area (Å²) in [6.07, 6.45) is 6.97. The fourth-order valence-corrected chi connectivity index (χ4v) is 3.45. The molecule has 1 atom stereocenters. The topological polar surface area (TPSA) is 134 Å². The Balaban J connectivity index is 1.69. The average molecular weight is 458 g/mol. The van der Waals surface area contributed by atoms with E-state index in [-0.39, 0.29) is 29.7 Å². The van der Waals surface area contributed by atoms with E-state index in [9.17, 15) is 14.0 Å². The zero-order valence-corrected chi connectivity index (χ0v) is 18.7. The second-order valence-electron chi connectivity index (χ2n) is 8.07. The predicted octanol–water partition coefficient (Wildman–Crippen LogP) is 2.17. The first-order chi connectivity index (χ1) is 16.0. The molecule has 10 heteroatoms. The highest BCUT2D eigenvalue weighted by Gasteiger charge is 2.17. The average Bonchev–Trinajstić information content (AvgIpc) is 2.82. The number of amides is 2. The first-order valence-electron chi connectivity index (χ1n) is 11.4. The van der Waals surface area contributed by atoms with Crippen molar-refractivity contribution >= 4 is 23.6 Å². The number of anilines is 2. The molecular formula is C23H32FN7O2. The normalized spacial score (nSPS) is 18.2. The molecule has 0 aliphatic carbocycles. The summed E-state index contributed by atoms with van der Waals surface area (Å²) < 4.78 is 13.1. The highest BCUT2D eigenvalue weighted by atomic mass is 19.1. The van der Waals surface area contributed by atoms with Gasteiger partial charge < -0.3 is 27.0 Å². The molecule has 2 amide bonds. The maximum Gasteiger partial charge on any atom is 0.256 e. The number of benzene rings is 1. The van der Waals surface area contributed by atoms with Crippen molar-refractivity contribution in [2.45, 2.75) is 51.1 Å². The number of nitrogens with zero attached hydrogens (tertiary/aromatic N) is 2. The SMILES string of the molecule is N[C@H]1CCNc2nc(ncc2C(=O)NCc2ccc(F)cc2)NCCCCCCCNC1=O. The number of hydrogen-bond donors (Lipinski definition) is 5. The molecule has 3 rings (SSSR count).